The Bertz CT molecular complexity index is 3390. The Balaban J connectivity index is 1.07. The van der Waals surface area contributed by atoms with Crippen LogP contribution in [-0.4, -0.2) is 9.97 Å². The number of para-hydroxylation sites is 1. The number of aromatic nitrogens is 2. The van der Waals surface area contributed by atoms with Gasteiger partial charge in [-0.05, 0) is 91.3 Å². The molecule has 0 unspecified atom stereocenters. The van der Waals surface area contributed by atoms with Crippen LogP contribution >= 0.6 is 0 Å². The summed E-state index contributed by atoms with van der Waals surface area (Å²) in [5.74, 6) is 0.697. The second-order valence-electron chi connectivity index (χ2n) is 14.9. The van der Waals surface area contributed by atoms with Crippen molar-refractivity contribution in [2.45, 2.75) is 0 Å². The third kappa shape index (κ3) is 4.99. The molecule has 9 aromatic carbocycles. The summed E-state index contributed by atoms with van der Waals surface area (Å²) in [5.41, 5.74) is 16.1. The maximum absolute atomic E-state index is 6.39. The summed E-state index contributed by atoms with van der Waals surface area (Å²) in [4.78, 5) is 10.8. The van der Waals surface area contributed by atoms with E-state index in [0.717, 1.165) is 61.1 Å². The molecule has 2 aromatic heterocycles. The van der Waals surface area contributed by atoms with Gasteiger partial charge < -0.3 is 4.42 Å². The molecule has 264 valence electrons. The lowest BCUT2D eigenvalue weighted by Gasteiger charge is -2.14. The van der Waals surface area contributed by atoms with E-state index in [1.807, 2.05) is 6.07 Å². The van der Waals surface area contributed by atoms with Crippen molar-refractivity contribution in [1.29, 1.82) is 0 Å². The van der Waals surface area contributed by atoms with Crippen LogP contribution in [-0.2, 0) is 0 Å². The maximum atomic E-state index is 6.39. The monoisotopic (exact) mass is 724 g/mol. The van der Waals surface area contributed by atoms with Crippen molar-refractivity contribution in [1.82, 2.24) is 9.97 Å². The molecule has 1 aliphatic carbocycles. The highest BCUT2D eigenvalue weighted by Gasteiger charge is 2.29. The molecule has 12 rings (SSSR count). The largest absolute Gasteiger partial charge is 0.456 e. The van der Waals surface area contributed by atoms with E-state index in [4.69, 9.17) is 14.4 Å². The standard InChI is InChI=1S/C54H32N2O/c1-2-11-33(12-3-1)38-16-8-17-39(31-38)47-32-46(36-25-23-35(24-26-36)41-20-9-14-34-13-4-5-18-40(34)41)55-54(56-47)45-28-27-37-15-10-21-43-50(37)52(45)44-29-30-49-53(51(43)44)42-19-6-7-22-48(42)57-49/h1-32H. The number of rotatable bonds is 5. The minimum atomic E-state index is 0.697. The Morgan fingerprint density at radius 3 is 1.82 bits per heavy atom. The van der Waals surface area contributed by atoms with Crippen molar-refractivity contribution in [3.63, 3.8) is 0 Å². The smallest absolute Gasteiger partial charge is 0.161 e. The summed E-state index contributed by atoms with van der Waals surface area (Å²) in [6, 6.07) is 69.0. The minimum Gasteiger partial charge on any atom is -0.456 e. The molecule has 1 aliphatic rings. The molecule has 0 bridgehead atoms. The fourth-order valence-corrected chi connectivity index (χ4v) is 9.01. The van der Waals surface area contributed by atoms with Gasteiger partial charge in [-0.25, -0.2) is 9.97 Å². The van der Waals surface area contributed by atoms with E-state index in [2.05, 4.69) is 188 Å². The average Bonchev–Trinajstić information content (AvgIpc) is 3.83. The van der Waals surface area contributed by atoms with E-state index in [1.54, 1.807) is 0 Å². The van der Waals surface area contributed by atoms with Crippen molar-refractivity contribution < 1.29 is 4.42 Å². The first-order chi connectivity index (χ1) is 28.2. The quantitative estimate of drug-likeness (QED) is 0.177. The number of hydrogen-bond donors (Lipinski definition) is 0. The van der Waals surface area contributed by atoms with Crippen LogP contribution in [0.15, 0.2) is 199 Å². The molecule has 0 spiro atoms. The molecule has 0 saturated heterocycles. The van der Waals surface area contributed by atoms with Crippen LogP contribution in [0.4, 0.5) is 0 Å². The summed E-state index contributed by atoms with van der Waals surface area (Å²) in [5, 5.41) is 7.17. The van der Waals surface area contributed by atoms with Gasteiger partial charge in [0.1, 0.15) is 11.2 Å². The van der Waals surface area contributed by atoms with E-state index in [0.29, 0.717) is 5.82 Å². The highest BCUT2D eigenvalue weighted by Crippen LogP contribution is 2.54. The number of benzene rings is 9. The molecule has 0 aliphatic heterocycles. The molecule has 0 radical (unpaired) electrons. The summed E-state index contributed by atoms with van der Waals surface area (Å²) in [6.45, 7) is 0. The van der Waals surface area contributed by atoms with Gasteiger partial charge in [0, 0.05) is 38.6 Å². The average molecular weight is 725 g/mol. The van der Waals surface area contributed by atoms with E-state index in [9.17, 15) is 0 Å². The molecular weight excluding hydrogens is 693 g/mol. The fourth-order valence-electron chi connectivity index (χ4n) is 9.01. The van der Waals surface area contributed by atoms with Gasteiger partial charge in [-0.3, -0.25) is 0 Å². The Hall–Kier alpha value is -7.62. The topological polar surface area (TPSA) is 38.9 Å². The van der Waals surface area contributed by atoms with Crippen molar-refractivity contribution in [3.05, 3.63) is 194 Å². The normalized spacial score (nSPS) is 11.9. The van der Waals surface area contributed by atoms with Crippen LogP contribution in [0.25, 0.3) is 122 Å². The zero-order chi connectivity index (χ0) is 37.5. The molecule has 0 saturated carbocycles. The molecule has 57 heavy (non-hydrogen) atoms. The highest BCUT2D eigenvalue weighted by molar-refractivity contribution is 6.27. The van der Waals surface area contributed by atoms with Crippen LogP contribution in [0.5, 0.6) is 0 Å². The predicted octanol–water partition coefficient (Wildman–Crippen LogP) is 14.7. The van der Waals surface area contributed by atoms with Crippen molar-refractivity contribution >= 4 is 43.5 Å². The van der Waals surface area contributed by atoms with Gasteiger partial charge in [0.15, 0.2) is 5.82 Å². The third-order valence-electron chi connectivity index (χ3n) is 11.6. The van der Waals surface area contributed by atoms with Gasteiger partial charge in [-0.1, -0.05) is 158 Å². The predicted molar refractivity (Wildman–Crippen MR) is 236 cm³/mol. The van der Waals surface area contributed by atoms with Crippen molar-refractivity contribution in [2.24, 2.45) is 0 Å². The summed E-state index contributed by atoms with van der Waals surface area (Å²) < 4.78 is 6.39. The molecular formula is C54H32N2O. The molecule has 0 atom stereocenters. The van der Waals surface area contributed by atoms with Crippen LogP contribution in [0.3, 0.4) is 0 Å². The zero-order valence-corrected chi connectivity index (χ0v) is 30.8. The Morgan fingerprint density at radius 2 is 0.947 bits per heavy atom. The zero-order valence-electron chi connectivity index (χ0n) is 30.8. The number of furan rings is 1. The van der Waals surface area contributed by atoms with E-state index < -0.39 is 0 Å². The minimum absolute atomic E-state index is 0.697. The first-order valence-corrected chi connectivity index (χ1v) is 19.4. The third-order valence-corrected chi connectivity index (χ3v) is 11.6. The van der Waals surface area contributed by atoms with Crippen LogP contribution in [0.2, 0.25) is 0 Å². The summed E-state index contributed by atoms with van der Waals surface area (Å²) in [7, 11) is 0. The second-order valence-corrected chi connectivity index (χ2v) is 14.9. The maximum Gasteiger partial charge on any atom is 0.161 e. The molecule has 0 fully saturated rings. The Labute approximate surface area is 329 Å². The van der Waals surface area contributed by atoms with Gasteiger partial charge in [-0.2, -0.15) is 0 Å². The van der Waals surface area contributed by atoms with E-state index >= 15 is 0 Å². The second kappa shape index (κ2) is 12.5. The Morgan fingerprint density at radius 1 is 0.316 bits per heavy atom. The van der Waals surface area contributed by atoms with Crippen molar-refractivity contribution in [2.75, 3.05) is 0 Å². The highest BCUT2D eigenvalue weighted by atomic mass is 16.3. The van der Waals surface area contributed by atoms with Gasteiger partial charge in [0.2, 0.25) is 0 Å². The summed E-state index contributed by atoms with van der Waals surface area (Å²) >= 11 is 0. The van der Waals surface area contributed by atoms with Gasteiger partial charge in [-0.15, -0.1) is 0 Å². The lowest BCUT2D eigenvalue weighted by atomic mass is 9.95. The molecule has 2 heterocycles. The van der Waals surface area contributed by atoms with Crippen LogP contribution in [0, 0.1) is 0 Å². The lowest BCUT2D eigenvalue weighted by molar-refractivity contribution is 0.669. The van der Waals surface area contributed by atoms with Gasteiger partial charge >= 0.3 is 0 Å². The van der Waals surface area contributed by atoms with Gasteiger partial charge in [0.05, 0.1) is 11.4 Å². The van der Waals surface area contributed by atoms with Crippen LogP contribution in [0.1, 0.15) is 0 Å². The number of nitrogens with zero attached hydrogens (tertiary/aromatic N) is 2. The molecule has 0 amide bonds. The first-order valence-electron chi connectivity index (χ1n) is 19.4. The number of hydrogen-bond acceptors (Lipinski definition) is 3. The van der Waals surface area contributed by atoms with E-state index in [-0.39, 0.29) is 0 Å². The first kappa shape index (κ1) is 31.7. The molecule has 3 heteroatoms. The summed E-state index contributed by atoms with van der Waals surface area (Å²) in [6.07, 6.45) is 0. The van der Waals surface area contributed by atoms with Crippen molar-refractivity contribution in [3.8, 4) is 78.4 Å². The molecule has 0 N–H and O–H groups in total. The van der Waals surface area contributed by atoms with Gasteiger partial charge in [0.25, 0.3) is 0 Å². The lowest BCUT2D eigenvalue weighted by Crippen LogP contribution is -1.97. The molecule has 3 nitrogen and oxygen atoms in total. The SMILES string of the molecule is c1ccc(-c2cccc(-c3cc(-c4ccc(-c5cccc6ccccc56)cc4)nc(-c4ccc5cccc6c5c4-c4ccc5oc7ccccc7c5c4-6)n3)c2)cc1. The van der Waals surface area contributed by atoms with E-state index in [1.165, 1.54) is 54.9 Å². The van der Waals surface area contributed by atoms with Crippen LogP contribution < -0.4 is 0 Å². The number of fused-ring (bicyclic) bond motifs is 8. The fraction of sp³-hybridized carbons (Fsp3) is 0. The Kier molecular flexibility index (Phi) is 6.93. The molecule has 11 aromatic rings.